The second-order valence-corrected chi connectivity index (χ2v) is 5.71. The van der Waals surface area contributed by atoms with Gasteiger partial charge < -0.3 is 0 Å². The quantitative estimate of drug-likeness (QED) is 0.775. The number of rotatable bonds is 5. The van der Waals surface area contributed by atoms with Crippen molar-refractivity contribution < 1.29 is 19.2 Å². The van der Waals surface area contributed by atoms with Gasteiger partial charge in [0.1, 0.15) is 0 Å². The van der Waals surface area contributed by atoms with Crippen LogP contribution in [0.1, 0.15) is 69.1 Å². The fourth-order valence-corrected chi connectivity index (χ4v) is 2.78. The Kier molecular flexibility index (Phi) is 4.88. The second kappa shape index (κ2) is 6.71. The number of carbonyl (C=O) groups is 4. The Morgan fingerprint density at radius 1 is 0.625 bits per heavy atom. The van der Waals surface area contributed by atoms with E-state index in [-0.39, 0.29) is 23.1 Å². The van der Waals surface area contributed by atoms with E-state index in [2.05, 4.69) is 0 Å². The van der Waals surface area contributed by atoms with Crippen LogP contribution in [0.15, 0.2) is 36.4 Å². The molecular weight excluding hydrogens is 304 g/mol. The summed E-state index contributed by atoms with van der Waals surface area (Å²) in [4.78, 5) is 47.5. The third-order valence-corrected chi connectivity index (χ3v) is 3.88. The van der Waals surface area contributed by atoms with Gasteiger partial charge in [0.05, 0.1) is 0 Å². The third-order valence-electron chi connectivity index (χ3n) is 3.88. The molecule has 0 radical (unpaired) electrons. The molecule has 2 aromatic carbocycles. The molecule has 24 heavy (non-hydrogen) atoms. The highest BCUT2D eigenvalue weighted by atomic mass is 16.1. The summed E-state index contributed by atoms with van der Waals surface area (Å²) in [6.45, 7) is 5.61. The predicted octanol–water partition coefficient (Wildman–Crippen LogP) is 4.16. The zero-order valence-corrected chi connectivity index (χ0v) is 14.1. The molecule has 0 bridgehead atoms. The highest BCUT2D eigenvalue weighted by Crippen LogP contribution is 2.29. The number of carbonyl (C=O) groups excluding carboxylic acids is 4. The Morgan fingerprint density at radius 3 is 1.71 bits per heavy atom. The fourth-order valence-electron chi connectivity index (χ4n) is 2.78. The Morgan fingerprint density at radius 2 is 1.21 bits per heavy atom. The molecule has 0 saturated heterocycles. The van der Waals surface area contributed by atoms with E-state index in [0.717, 1.165) is 0 Å². The minimum absolute atomic E-state index is 0.198. The summed E-state index contributed by atoms with van der Waals surface area (Å²) in [5, 5.41) is 0. The lowest BCUT2D eigenvalue weighted by atomic mass is 9.89. The van der Waals surface area contributed by atoms with Crippen LogP contribution in [0.2, 0.25) is 0 Å². The van der Waals surface area contributed by atoms with E-state index in [1.165, 1.54) is 27.7 Å². The molecule has 0 atom stereocenters. The van der Waals surface area contributed by atoms with Crippen LogP contribution < -0.4 is 0 Å². The summed E-state index contributed by atoms with van der Waals surface area (Å²) >= 11 is 0. The molecule has 122 valence electrons. The minimum Gasteiger partial charge on any atom is -0.294 e. The molecule has 4 heteroatoms. The summed E-state index contributed by atoms with van der Waals surface area (Å²) < 4.78 is 0. The van der Waals surface area contributed by atoms with E-state index < -0.39 is 0 Å². The van der Waals surface area contributed by atoms with Crippen molar-refractivity contribution in [3.05, 3.63) is 58.7 Å². The van der Waals surface area contributed by atoms with Gasteiger partial charge in [-0.15, -0.1) is 0 Å². The molecule has 0 heterocycles. The van der Waals surface area contributed by atoms with Crippen LogP contribution in [0.5, 0.6) is 0 Å². The summed E-state index contributed by atoms with van der Waals surface area (Å²) in [5.74, 6) is -0.852. The first-order valence-corrected chi connectivity index (χ1v) is 7.55. The molecule has 0 aromatic heterocycles. The van der Waals surface area contributed by atoms with E-state index in [9.17, 15) is 19.2 Å². The van der Waals surface area contributed by atoms with Crippen molar-refractivity contribution in [2.45, 2.75) is 27.7 Å². The van der Waals surface area contributed by atoms with E-state index in [1.807, 2.05) is 0 Å². The molecule has 0 saturated carbocycles. The first-order valence-electron chi connectivity index (χ1n) is 7.55. The molecule has 0 fully saturated rings. The number of ketones is 4. The standard InChI is InChI=1S/C20H18O4/c1-11(21)16-9-8-15(10-19(16)13(3)23)18-7-5-6-17(12(2)22)20(18)14(4)24/h5-10H,1-4H3. The van der Waals surface area contributed by atoms with Gasteiger partial charge in [-0.05, 0) is 44.9 Å². The SMILES string of the molecule is CC(=O)c1ccc(-c2cccc(C(C)=O)c2C(C)=O)cc1C(C)=O. The summed E-state index contributed by atoms with van der Waals surface area (Å²) in [6.07, 6.45) is 0. The van der Waals surface area contributed by atoms with Gasteiger partial charge in [0, 0.05) is 22.3 Å². The van der Waals surface area contributed by atoms with Crippen LogP contribution in [-0.2, 0) is 0 Å². The average molecular weight is 322 g/mol. The van der Waals surface area contributed by atoms with Crippen LogP contribution in [-0.4, -0.2) is 23.1 Å². The van der Waals surface area contributed by atoms with Gasteiger partial charge in [0.2, 0.25) is 0 Å². The first kappa shape index (κ1) is 17.5. The van der Waals surface area contributed by atoms with Crippen LogP contribution in [0.25, 0.3) is 11.1 Å². The van der Waals surface area contributed by atoms with Crippen molar-refractivity contribution in [2.75, 3.05) is 0 Å². The van der Waals surface area contributed by atoms with Crippen LogP contribution >= 0.6 is 0 Å². The topological polar surface area (TPSA) is 68.3 Å². The van der Waals surface area contributed by atoms with Crippen LogP contribution in [0.4, 0.5) is 0 Å². The maximum atomic E-state index is 12.1. The largest absolute Gasteiger partial charge is 0.294 e. The van der Waals surface area contributed by atoms with E-state index >= 15 is 0 Å². The van der Waals surface area contributed by atoms with Crippen molar-refractivity contribution in [3.8, 4) is 11.1 Å². The number of hydrogen-bond acceptors (Lipinski definition) is 4. The maximum Gasteiger partial charge on any atom is 0.161 e. The van der Waals surface area contributed by atoms with Crippen molar-refractivity contribution in [3.63, 3.8) is 0 Å². The Bertz CT molecular complexity index is 875. The average Bonchev–Trinajstić information content (AvgIpc) is 2.53. The highest BCUT2D eigenvalue weighted by Gasteiger charge is 2.19. The maximum absolute atomic E-state index is 12.1. The van der Waals surface area contributed by atoms with Crippen molar-refractivity contribution >= 4 is 23.1 Å². The highest BCUT2D eigenvalue weighted by molar-refractivity contribution is 6.12. The van der Waals surface area contributed by atoms with Crippen molar-refractivity contribution in [2.24, 2.45) is 0 Å². The normalized spacial score (nSPS) is 10.3. The van der Waals surface area contributed by atoms with Gasteiger partial charge in [0.15, 0.2) is 23.1 Å². The zero-order valence-electron chi connectivity index (χ0n) is 14.1. The lowest BCUT2D eigenvalue weighted by molar-refractivity contribution is 0.0980. The van der Waals surface area contributed by atoms with Crippen LogP contribution in [0.3, 0.4) is 0 Å². The van der Waals surface area contributed by atoms with Crippen LogP contribution in [0, 0.1) is 0 Å². The molecule has 0 spiro atoms. The van der Waals surface area contributed by atoms with Gasteiger partial charge in [0.25, 0.3) is 0 Å². The monoisotopic (exact) mass is 322 g/mol. The Hall–Kier alpha value is -2.88. The molecule has 0 aliphatic carbocycles. The second-order valence-electron chi connectivity index (χ2n) is 5.71. The van der Waals surface area contributed by atoms with Gasteiger partial charge in [-0.3, -0.25) is 19.2 Å². The molecular formula is C20H18O4. The Balaban J connectivity index is 2.78. The molecule has 2 aromatic rings. The van der Waals surface area contributed by atoms with Crippen molar-refractivity contribution in [1.82, 2.24) is 0 Å². The lowest BCUT2D eigenvalue weighted by Crippen LogP contribution is -2.08. The number of hydrogen-bond donors (Lipinski definition) is 0. The molecule has 0 amide bonds. The lowest BCUT2D eigenvalue weighted by Gasteiger charge is -2.13. The van der Waals surface area contributed by atoms with E-state index in [0.29, 0.717) is 33.4 Å². The zero-order chi connectivity index (χ0) is 18.0. The van der Waals surface area contributed by atoms with Gasteiger partial charge in [-0.2, -0.15) is 0 Å². The summed E-state index contributed by atoms with van der Waals surface area (Å²) in [6, 6.07) is 9.91. The molecule has 4 nitrogen and oxygen atoms in total. The molecule has 0 aliphatic rings. The van der Waals surface area contributed by atoms with E-state index in [4.69, 9.17) is 0 Å². The van der Waals surface area contributed by atoms with Gasteiger partial charge in [-0.25, -0.2) is 0 Å². The fraction of sp³-hybridized carbons (Fsp3) is 0.200. The van der Waals surface area contributed by atoms with Gasteiger partial charge in [-0.1, -0.05) is 30.3 Å². The van der Waals surface area contributed by atoms with Crippen molar-refractivity contribution in [1.29, 1.82) is 0 Å². The molecule has 2 rings (SSSR count). The Labute approximate surface area is 140 Å². The predicted molar refractivity (Wildman–Crippen MR) is 91.9 cm³/mol. The molecule has 0 N–H and O–H groups in total. The first-order chi connectivity index (χ1) is 11.2. The third kappa shape index (κ3) is 3.23. The smallest absolute Gasteiger partial charge is 0.161 e. The summed E-state index contributed by atoms with van der Waals surface area (Å²) in [7, 11) is 0. The van der Waals surface area contributed by atoms with Gasteiger partial charge >= 0.3 is 0 Å². The summed E-state index contributed by atoms with van der Waals surface area (Å²) in [5.41, 5.74) is 2.53. The molecule has 0 unspecified atom stereocenters. The number of Topliss-reactive ketones (excluding diaryl/α,β-unsaturated/α-hetero) is 4. The number of benzene rings is 2. The minimum atomic E-state index is -0.228. The molecule has 0 aliphatic heterocycles. The van der Waals surface area contributed by atoms with E-state index in [1.54, 1.807) is 36.4 Å².